The van der Waals surface area contributed by atoms with Gasteiger partial charge in [-0.3, -0.25) is 14.0 Å². The van der Waals surface area contributed by atoms with Crippen molar-refractivity contribution in [2.24, 2.45) is 0 Å². The van der Waals surface area contributed by atoms with Crippen LogP contribution in [0.2, 0.25) is 0 Å². The minimum absolute atomic E-state index is 0.0439. The van der Waals surface area contributed by atoms with Gasteiger partial charge in [0, 0.05) is 49.9 Å². The summed E-state index contributed by atoms with van der Waals surface area (Å²) in [5.41, 5.74) is 2.96. The standard InChI is InChI=1S/C23H24N6O3/c1-3-20-25-26-21-22(30)24-18-13-15(7-8-19(18)29(20)21)23(31)28-11-9-27(10-12-28)16-5-4-6-17(14-16)32-2/h4-8,13-14H,3,9-12H2,1-2H3,(H,24,30). The first kappa shape index (κ1) is 20.0. The molecule has 4 aromatic rings. The van der Waals surface area contributed by atoms with Gasteiger partial charge in [0.2, 0.25) is 5.65 Å². The van der Waals surface area contributed by atoms with Crippen molar-refractivity contribution >= 4 is 28.3 Å². The Morgan fingerprint density at radius 3 is 2.66 bits per heavy atom. The second-order valence-electron chi connectivity index (χ2n) is 7.80. The molecule has 9 heteroatoms. The van der Waals surface area contributed by atoms with E-state index in [4.69, 9.17) is 4.74 Å². The molecule has 1 N–H and O–H groups in total. The van der Waals surface area contributed by atoms with Crippen LogP contribution in [-0.2, 0) is 6.42 Å². The van der Waals surface area contributed by atoms with Crippen LogP contribution in [0.25, 0.3) is 16.7 Å². The molecule has 1 fully saturated rings. The fourth-order valence-electron chi connectivity index (χ4n) is 4.25. The number of hydrogen-bond acceptors (Lipinski definition) is 6. The number of amides is 1. The number of aromatic amines is 1. The van der Waals surface area contributed by atoms with E-state index in [9.17, 15) is 9.59 Å². The summed E-state index contributed by atoms with van der Waals surface area (Å²) in [7, 11) is 1.66. The minimum atomic E-state index is -0.318. The molecule has 9 nitrogen and oxygen atoms in total. The van der Waals surface area contributed by atoms with Gasteiger partial charge in [0.1, 0.15) is 11.6 Å². The number of anilines is 1. The number of aryl methyl sites for hydroxylation is 1. The van der Waals surface area contributed by atoms with Gasteiger partial charge in [-0.1, -0.05) is 13.0 Å². The van der Waals surface area contributed by atoms with Gasteiger partial charge in [0.05, 0.1) is 18.1 Å². The summed E-state index contributed by atoms with van der Waals surface area (Å²) >= 11 is 0. The molecular weight excluding hydrogens is 408 g/mol. The van der Waals surface area contributed by atoms with Crippen molar-refractivity contribution in [2.75, 3.05) is 38.2 Å². The first-order chi connectivity index (χ1) is 15.6. The number of carbonyl (C=O) groups is 1. The van der Waals surface area contributed by atoms with E-state index in [-0.39, 0.29) is 17.1 Å². The zero-order chi connectivity index (χ0) is 22.2. The van der Waals surface area contributed by atoms with E-state index in [1.54, 1.807) is 23.6 Å². The molecule has 2 aromatic carbocycles. The maximum absolute atomic E-state index is 13.2. The predicted octanol–water partition coefficient (Wildman–Crippen LogP) is 2.10. The summed E-state index contributed by atoms with van der Waals surface area (Å²) in [6.07, 6.45) is 0.651. The van der Waals surface area contributed by atoms with E-state index in [1.165, 1.54) is 0 Å². The number of nitrogens with zero attached hydrogens (tertiary/aromatic N) is 5. The molecule has 0 radical (unpaired) electrons. The van der Waals surface area contributed by atoms with Crippen LogP contribution in [0.15, 0.2) is 47.3 Å². The number of methoxy groups -OCH3 is 1. The van der Waals surface area contributed by atoms with Crippen molar-refractivity contribution in [3.05, 3.63) is 64.2 Å². The number of nitrogens with one attached hydrogen (secondary N) is 1. The normalized spacial score (nSPS) is 14.3. The molecule has 164 valence electrons. The van der Waals surface area contributed by atoms with E-state index >= 15 is 0 Å². The number of fused-ring (bicyclic) bond motifs is 3. The van der Waals surface area contributed by atoms with Gasteiger partial charge >= 0.3 is 0 Å². The SMILES string of the molecule is CCc1nnc2c(=O)[nH]c3cc(C(=O)N4CCN(c5cccc(OC)c5)CC4)ccc3n12. The Bertz CT molecular complexity index is 1370. The fourth-order valence-corrected chi connectivity index (χ4v) is 4.25. The second kappa shape index (κ2) is 7.99. The second-order valence-corrected chi connectivity index (χ2v) is 7.80. The Morgan fingerprint density at radius 2 is 1.91 bits per heavy atom. The maximum atomic E-state index is 13.2. The highest BCUT2D eigenvalue weighted by molar-refractivity contribution is 5.97. The van der Waals surface area contributed by atoms with Crippen LogP contribution in [0.5, 0.6) is 5.75 Å². The number of hydrogen-bond donors (Lipinski definition) is 1. The van der Waals surface area contributed by atoms with Crippen LogP contribution in [0, 0.1) is 0 Å². The lowest BCUT2D eigenvalue weighted by Crippen LogP contribution is -2.48. The molecule has 0 unspecified atom stereocenters. The minimum Gasteiger partial charge on any atom is -0.497 e. The van der Waals surface area contributed by atoms with Crippen LogP contribution in [-0.4, -0.2) is 63.7 Å². The molecule has 1 aliphatic heterocycles. The summed E-state index contributed by atoms with van der Waals surface area (Å²) in [6.45, 7) is 4.69. The lowest BCUT2D eigenvalue weighted by atomic mass is 10.1. The molecule has 3 heterocycles. The topological polar surface area (TPSA) is 95.8 Å². The van der Waals surface area contributed by atoms with Gasteiger partial charge in [-0.05, 0) is 30.3 Å². The number of H-pyrrole nitrogens is 1. The van der Waals surface area contributed by atoms with Crippen LogP contribution < -0.4 is 15.2 Å². The fraction of sp³-hybridized carbons (Fsp3) is 0.304. The van der Waals surface area contributed by atoms with Crippen molar-refractivity contribution < 1.29 is 9.53 Å². The number of piperazine rings is 1. The molecule has 5 rings (SSSR count). The van der Waals surface area contributed by atoms with Gasteiger partial charge in [0.25, 0.3) is 11.5 Å². The van der Waals surface area contributed by atoms with E-state index < -0.39 is 0 Å². The van der Waals surface area contributed by atoms with Crippen LogP contribution in [0.4, 0.5) is 5.69 Å². The van der Waals surface area contributed by atoms with E-state index in [1.807, 2.05) is 36.1 Å². The molecule has 32 heavy (non-hydrogen) atoms. The number of benzene rings is 2. The smallest absolute Gasteiger partial charge is 0.294 e. The Labute approximate surface area is 184 Å². The highest BCUT2D eigenvalue weighted by Gasteiger charge is 2.23. The van der Waals surface area contributed by atoms with E-state index in [0.717, 1.165) is 30.0 Å². The molecule has 1 aliphatic rings. The summed E-state index contributed by atoms with van der Waals surface area (Å²) in [6, 6.07) is 13.3. The third-order valence-electron chi connectivity index (χ3n) is 5.97. The monoisotopic (exact) mass is 432 g/mol. The summed E-state index contributed by atoms with van der Waals surface area (Å²) in [4.78, 5) is 32.5. The van der Waals surface area contributed by atoms with Crippen molar-refractivity contribution in [1.29, 1.82) is 0 Å². The molecule has 0 saturated carbocycles. The zero-order valence-corrected chi connectivity index (χ0v) is 18.0. The molecule has 0 aliphatic carbocycles. The first-order valence-electron chi connectivity index (χ1n) is 10.7. The van der Waals surface area contributed by atoms with Crippen LogP contribution in [0.3, 0.4) is 0 Å². The van der Waals surface area contributed by atoms with Gasteiger partial charge < -0.3 is 19.5 Å². The number of carbonyl (C=O) groups excluding carboxylic acids is 1. The average Bonchev–Trinajstić information content (AvgIpc) is 3.28. The van der Waals surface area contributed by atoms with Crippen molar-refractivity contribution in [2.45, 2.75) is 13.3 Å². The van der Waals surface area contributed by atoms with Crippen molar-refractivity contribution in [1.82, 2.24) is 24.5 Å². The Balaban J connectivity index is 1.38. The van der Waals surface area contributed by atoms with Gasteiger partial charge in [0.15, 0.2) is 0 Å². The van der Waals surface area contributed by atoms with Crippen molar-refractivity contribution in [3.8, 4) is 5.75 Å². The van der Waals surface area contributed by atoms with E-state index in [2.05, 4.69) is 26.1 Å². The number of aromatic nitrogens is 4. The first-order valence-corrected chi connectivity index (χ1v) is 10.7. The molecule has 0 spiro atoms. The lowest BCUT2D eigenvalue weighted by Gasteiger charge is -2.36. The molecular formula is C23H24N6O3. The maximum Gasteiger partial charge on any atom is 0.294 e. The number of ether oxygens (including phenoxy) is 1. The average molecular weight is 432 g/mol. The highest BCUT2D eigenvalue weighted by atomic mass is 16.5. The van der Waals surface area contributed by atoms with E-state index in [0.29, 0.717) is 36.4 Å². The number of rotatable bonds is 4. The van der Waals surface area contributed by atoms with Gasteiger partial charge in [-0.2, -0.15) is 0 Å². The lowest BCUT2D eigenvalue weighted by molar-refractivity contribution is 0.0747. The molecule has 0 atom stereocenters. The van der Waals surface area contributed by atoms with Crippen LogP contribution in [0.1, 0.15) is 23.1 Å². The summed E-state index contributed by atoms with van der Waals surface area (Å²) in [5, 5.41) is 8.10. The largest absolute Gasteiger partial charge is 0.497 e. The third-order valence-corrected chi connectivity index (χ3v) is 5.97. The summed E-state index contributed by atoms with van der Waals surface area (Å²) < 4.78 is 7.08. The quantitative estimate of drug-likeness (QED) is 0.531. The third kappa shape index (κ3) is 3.35. The Morgan fingerprint density at radius 1 is 1.09 bits per heavy atom. The van der Waals surface area contributed by atoms with Gasteiger partial charge in [-0.15, -0.1) is 10.2 Å². The molecule has 1 saturated heterocycles. The summed E-state index contributed by atoms with van der Waals surface area (Å²) in [5.74, 6) is 1.49. The molecule has 0 bridgehead atoms. The molecule has 2 aromatic heterocycles. The molecule has 1 amide bonds. The van der Waals surface area contributed by atoms with Crippen LogP contribution >= 0.6 is 0 Å². The Kier molecular flexibility index (Phi) is 5.01. The van der Waals surface area contributed by atoms with Gasteiger partial charge in [-0.25, -0.2) is 0 Å². The predicted molar refractivity (Wildman–Crippen MR) is 122 cm³/mol. The zero-order valence-electron chi connectivity index (χ0n) is 18.0. The van der Waals surface area contributed by atoms with Crippen molar-refractivity contribution in [3.63, 3.8) is 0 Å². The highest BCUT2D eigenvalue weighted by Crippen LogP contribution is 2.23. The Hall–Kier alpha value is -3.88.